The summed E-state index contributed by atoms with van der Waals surface area (Å²) < 4.78 is 31.0. The molecule has 3 N–H and O–H groups in total. The zero-order valence-corrected chi connectivity index (χ0v) is 10.4. The van der Waals surface area contributed by atoms with Crippen LogP contribution < -0.4 is 0 Å². The number of rotatable bonds is 1. The molecule has 0 aliphatic carbocycles. The zero-order valence-electron chi connectivity index (χ0n) is 9.63. The fourth-order valence-corrected chi connectivity index (χ4v) is 2.13. The number of hydrogen-bond donors (Lipinski definition) is 3. The van der Waals surface area contributed by atoms with Crippen LogP contribution in [0.3, 0.4) is 0 Å². The number of nitrogens with one attached hydrogen (secondary N) is 2. The third-order valence-corrected chi connectivity index (χ3v) is 2.94. The number of fused-ring (bicyclic) bond motifs is 1. The second kappa shape index (κ2) is 7.31. The Labute approximate surface area is 106 Å². The van der Waals surface area contributed by atoms with E-state index < -0.39 is 10.1 Å². The third-order valence-electron chi connectivity index (χ3n) is 2.03. The van der Waals surface area contributed by atoms with Gasteiger partial charge in [-0.05, 0) is 24.9 Å². The Hall–Kier alpha value is -2.05. The molecule has 6 heteroatoms. The summed E-state index contributed by atoms with van der Waals surface area (Å²) in [7, 11) is -4.13. The van der Waals surface area contributed by atoms with Gasteiger partial charge in [-0.1, -0.05) is 36.4 Å². The fourth-order valence-electron chi connectivity index (χ4n) is 1.42. The summed E-state index contributed by atoms with van der Waals surface area (Å²) >= 11 is 0. The van der Waals surface area contributed by atoms with Crippen LogP contribution in [0.25, 0.3) is 10.8 Å². The molecule has 0 fully saturated rings. The van der Waals surface area contributed by atoms with Crippen molar-refractivity contribution in [3.63, 3.8) is 0 Å². The quantitative estimate of drug-likeness (QED) is 0.546. The fraction of sp³-hybridized carbons (Fsp3) is 0. The van der Waals surface area contributed by atoms with Crippen molar-refractivity contribution in [2.45, 2.75) is 4.90 Å². The highest BCUT2D eigenvalue weighted by Crippen LogP contribution is 2.21. The first-order chi connectivity index (χ1) is 8.59. The summed E-state index contributed by atoms with van der Waals surface area (Å²) in [5.41, 5.74) is 0. The summed E-state index contributed by atoms with van der Waals surface area (Å²) in [4.78, 5) is -0.0457. The Morgan fingerprint density at radius 1 is 0.889 bits per heavy atom. The lowest BCUT2D eigenvalue weighted by Crippen LogP contribution is -1.98. The molecule has 0 spiro atoms. The second-order valence-corrected chi connectivity index (χ2v) is 4.34. The van der Waals surface area contributed by atoms with Crippen LogP contribution in [0, 0.1) is 10.8 Å². The minimum Gasteiger partial charge on any atom is -0.317 e. The van der Waals surface area contributed by atoms with E-state index in [9.17, 15) is 8.42 Å². The predicted octanol–water partition coefficient (Wildman–Crippen LogP) is 2.62. The highest BCUT2D eigenvalue weighted by Gasteiger charge is 2.12. The summed E-state index contributed by atoms with van der Waals surface area (Å²) in [6, 6.07) is 11.8. The van der Waals surface area contributed by atoms with Crippen LogP contribution in [0.5, 0.6) is 0 Å². The van der Waals surface area contributed by atoms with Gasteiger partial charge in [0.05, 0.1) is 0 Å². The molecule has 0 heterocycles. The lowest BCUT2D eigenvalue weighted by Gasteiger charge is -2.02. The van der Waals surface area contributed by atoms with Crippen LogP contribution >= 0.6 is 0 Å². The molecule has 18 heavy (non-hydrogen) atoms. The molecule has 0 aliphatic rings. The molecular formula is C12H14N2O3S. The molecule has 0 saturated heterocycles. The van der Waals surface area contributed by atoms with Gasteiger partial charge in [-0.3, -0.25) is 4.55 Å². The van der Waals surface area contributed by atoms with Crippen molar-refractivity contribution in [1.29, 1.82) is 10.8 Å². The molecule has 0 atom stereocenters. The molecule has 0 bridgehead atoms. The molecule has 96 valence electrons. The minimum atomic E-state index is -4.13. The van der Waals surface area contributed by atoms with E-state index in [1.165, 1.54) is 6.07 Å². The zero-order chi connectivity index (χ0) is 14.2. The Morgan fingerprint density at radius 2 is 1.39 bits per heavy atom. The maximum absolute atomic E-state index is 11.0. The van der Waals surface area contributed by atoms with E-state index >= 15 is 0 Å². The summed E-state index contributed by atoms with van der Waals surface area (Å²) in [6.45, 7) is 5.00. The molecular weight excluding hydrogens is 252 g/mol. The minimum absolute atomic E-state index is 0.0457. The van der Waals surface area contributed by atoms with Gasteiger partial charge in [0.1, 0.15) is 4.90 Å². The Balaban J connectivity index is 0.000000659. The van der Waals surface area contributed by atoms with Gasteiger partial charge in [0, 0.05) is 5.39 Å². The van der Waals surface area contributed by atoms with Crippen molar-refractivity contribution >= 4 is 34.3 Å². The van der Waals surface area contributed by atoms with E-state index in [-0.39, 0.29) is 4.90 Å². The van der Waals surface area contributed by atoms with Crippen molar-refractivity contribution in [2.24, 2.45) is 0 Å². The van der Waals surface area contributed by atoms with Crippen LogP contribution in [-0.2, 0) is 10.1 Å². The molecule has 2 aromatic carbocycles. The average Bonchev–Trinajstić information content (AvgIpc) is 2.41. The Morgan fingerprint density at radius 3 is 1.94 bits per heavy atom. The topological polar surface area (TPSA) is 102 Å². The van der Waals surface area contributed by atoms with Gasteiger partial charge in [-0.2, -0.15) is 8.42 Å². The van der Waals surface area contributed by atoms with Crippen molar-refractivity contribution in [3.05, 3.63) is 42.5 Å². The Bertz CT molecular complexity index is 604. The van der Waals surface area contributed by atoms with E-state index in [1.54, 1.807) is 30.3 Å². The summed E-state index contributed by atoms with van der Waals surface area (Å²) in [5.74, 6) is 0. The van der Waals surface area contributed by atoms with Gasteiger partial charge in [-0.15, -0.1) is 0 Å². The highest BCUT2D eigenvalue weighted by atomic mass is 32.2. The van der Waals surface area contributed by atoms with Gasteiger partial charge in [0.15, 0.2) is 0 Å². The number of benzene rings is 2. The lowest BCUT2D eigenvalue weighted by molar-refractivity contribution is 0.484. The average molecular weight is 266 g/mol. The van der Waals surface area contributed by atoms with Crippen LogP contribution in [0.1, 0.15) is 0 Å². The highest BCUT2D eigenvalue weighted by molar-refractivity contribution is 7.86. The summed E-state index contributed by atoms with van der Waals surface area (Å²) in [5, 5.41) is 12.3. The third kappa shape index (κ3) is 3.76. The molecule has 0 aromatic heterocycles. The maximum Gasteiger partial charge on any atom is 0.295 e. The Kier molecular flexibility index (Phi) is 6.48. The molecule has 2 aromatic rings. The molecule has 0 saturated carbocycles. The lowest BCUT2D eigenvalue weighted by atomic mass is 10.1. The van der Waals surface area contributed by atoms with E-state index in [2.05, 4.69) is 13.4 Å². The summed E-state index contributed by atoms with van der Waals surface area (Å²) in [6.07, 6.45) is 0. The van der Waals surface area contributed by atoms with Crippen LogP contribution in [0.15, 0.2) is 47.4 Å². The van der Waals surface area contributed by atoms with Crippen molar-refractivity contribution in [3.8, 4) is 0 Å². The van der Waals surface area contributed by atoms with Gasteiger partial charge in [0.2, 0.25) is 0 Å². The van der Waals surface area contributed by atoms with Gasteiger partial charge < -0.3 is 10.8 Å². The van der Waals surface area contributed by atoms with Crippen LogP contribution in [0.2, 0.25) is 0 Å². The largest absolute Gasteiger partial charge is 0.317 e. The molecule has 0 unspecified atom stereocenters. The SMILES string of the molecule is C=N.C=N.O=S(=O)(O)c1cccc2ccccc12. The monoisotopic (exact) mass is 266 g/mol. The number of hydrogen-bond acceptors (Lipinski definition) is 4. The molecule has 0 aliphatic heterocycles. The molecule has 2 rings (SSSR count). The van der Waals surface area contributed by atoms with Gasteiger partial charge in [0.25, 0.3) is 10.1 Å². The smallest absolute Gasteiger partial charge is 0.295 e. The van der Waals surface area contributed by atoms with Gasteiger partial charge >= 0.3 is 0 Å². The van der Waals surface area contributed by atoms with E-state index in [1.807, 2.05) is 6.07 Å². The maximum atomic E-state index is 11.0. The first-order valence-corrected chi connectivity index (χ1v) is 6.19. The van der Waals surface area contributed by atoms with Crippen LogP contribution in [-0.4, -0.2) is 26.4 Å². The molecule has 0 radical (unpaired) electrons. The van der Waals surface area contributed by atoms with Crippen molar-refractivity contribution < 1.29 is 13.0 Å². The molecule has 0 amide bonds. The van der Waals surface area contributed by atoms with Gasteiger partial charge in [-0.25, -0.2) is 0 Å². The normalized spacial score (nSPS) is 9.61. The first-order valence-electron chi connectivity index (χ1n) is 4.75. The molecule has 5 nitrogen and oxygen atoms in total. The van der Waals surface area contributed by atoms with Crippen molar-refractivity contribution in [2.75, 3.05) is 0 Å². The van der Waals surface area contributed by atoms with E-state index in [0.717, 1.165) is 5.39 Å². The predicted molar refractivity (Wildman–Crippen MR) is 73.4 cm³/mol. The first kappa shape index (κ1) is 16.0. The van der Waals surface area contributed by atoms with E-state index in [4.69, 9.17) is 15.4 Å². The van der Waals surface area contributed by atoms with Crippen LogP contribution in [0.4, 0.5) is 0 Å². The van der Waals surface area contributed by atoms with E-state index in [0.29, 0.717) is 5.39 Å². The second-order valence-electron chi connectivity index (χ2n) is 2.95. The van der Waals surface area contributed by atoms with Crippen molar-refractivity contribution in [1.82, 2.24) is 0 Å². The standard InChI is InChI=1S/C10H8O3S.2CH3N/c11-14(12,13)10-7-3-5-8-4-1-2-6-9(8)10;2*1-2/h1-7H,(H,11,12,13);2*2H,1H2.